The van der Waals surface area contributed by atoms with Gasteiger partial charge in [-0.15, -0.1) is 0 Å². The minimum Gasteiger partial charge on any atom is -0.503 e. The van der Waals surface area contributed by atoms with E-state index >= 15 is 0 Å². The third kappa shape index (κ3) is 3.06. The van der Waals surface area contributed by atoms with E-state index in [1.807, 2.05) is 0 Å². The third-order valence-corrected chi connectivity index (χ3v) is 5.14. The number of ketones is 1. The zero-order chi connectivity index (χ0) is 21.4. The van der Waals surface area contributed by atoms with E-state index < -0.39 is 17.7 Å². The number of nitrogens with one attached hydrogen (secondary N) is 1. The number of anilines is 1. The number of ether oxygens (including phenoxy) is 2. The van der Waals surface area contributed by atoms with E-state index in [0.29, 0.717) is 28.1 Å². The number of carbonyl (C=O) groups is 2. The summed E-state index contributed by atoms with van der Waals surface area (Å²) in [5.41, 5.74) is 1.96. The third-order valence-electron chi connectivity index (χ3n) is 5.14. The van der Waals surface area contributed by atoms with Crippen LogP contribution in [0.4, 0.5) is 5.95 Å². The van der Waals surface area contributed by atoms with Crippen LogP contribution in [0.3, 0.4) is 0 Å². The van der Waals surface area contributed by atoms with Crippen LogP contribution < -0.4 is 14.4 Å². The molecule has 1 aromatic heterocycles. The summed E-state index contributed by atoms with van der Waals surface area (Å²) in [6.07, 6.45) is 0.151. The number of imidazole rings is 1. The molecule has 8 nitrogen and oxygen atoms in total. The number of amides is 1. The lowest BCUT2D eigenvalue weighted by Crippen LogP contribution is -2.31. The van der Waals surface area contributed by atoms with Gasteiger partial charge in [0.05, 0.1) is 36.9 Å². The van der Waals surface area contributed by atoms with Crippen LogP contribution in [0.25, 0.3) is 11.0 Å². The molecule has 8 heteroatoms. The number of methoxy groups -OCH3 is 2. The Morgan fingerprint density at radius 1 is 1.17 bits per heavy atom. The zero-order valence-corrected chi connectivity index (χ0v) is 16.8. The number of hydrogen-bond acceptors (Lipinski definition) is 6. The fourth-order valence-electron chi connectivity index (χ4n) is 3.64. The van der Waals surface area contributed by atoms with Gasteiger partial charge >= 0.3 is 0 Å². The van der Waals surface area contributed by atoms with Crippen LogP contribution in [0.5, 0.6) is 11.5 Å². The number of aromatic nitrogens is 2. The number of nitrogens with zero attached hydrogens (tertiary/aromatic N) is 2. The highest BCUT2D eigenvalue weighted by Gasteiger charge is 2.45. The van der Waals surface area contributed by atoms with Crippen LogP contribution in [0.15, 0.2) is 53.8 Å². The number of benzene rings is 2. The maximum absolute atomic E-state index is 13.0. The van der Waals surface area contributed by atoms with Gasteiger partial charge in [0.1, 0.15) is 11.5 Å². The Kier molecular flexibility index (Phi) is 4.91. The molecule has 3 aromatic rings. The number of H-pyrrole nitrogens is 1. The molecule has 1 aliphatic heterocycles. The molecule has 0 fully saturated rings. The highest BCUT2D eigenvalue weighted by Crippen LogP contribution is 2.41. The smallest absolute Gasteiger partial charge is 0.296 e. The molecule has 0 saturated heterocycles. The molecule has 30 heavy (non-hydrogen) atoms. The fourth-order valence-corrected chi connectivity index (χ4v) is 3.64. The molecule has 2 aromatic carbocycles. The van der Waals surface area contributed by atoms with Crippen molar-refractivity contribution in [2.75, 3.05) is 19.1 Å². The number of aliphatic hydroxyl groups is 1. The standard InChI is InChI=1S/C22H21N3O5/c1-4-17(26)18-19(12-6-5-7-13(10-12)29-2)25(21(28)20(18)27)22-23-15-9-8-14(30-3)11-16(15)24-22/h5-11,19,27H,4H2,1-3H3,(H,23,24). The quantitative estimate of drug-likeness (QED) is 0.648. The summed E-state index contributed by atoms with van der Waals surface area (Å²) >= 11 is 0. The predicted molar refractivity (Wildman–Crippen MR) is 111 cm³/mol. The van der Waals surface area contributed by atoms with Gasteiger partial charge < -0.3 is 19.6 Å². The van der Waals surface area contributed by atoms with Crippen LogP contribution in [0.1, 0.15) is 24.9 Å². The fraction of sp³-hybridized carbons (Fsp3) is 0.227. The Morgan fingerprint density at radius 3 is 2.60 bits per heavy atom. The van der Waals surface area contributed by atoms with Crippen molar-refractivity contribution in [3.63, 3.8) is 0 Å². The van der Waals surface area contributed by atoms with Gasteiger partial charge in [-0.1, -0.05) is 19.1 Å². The number of carbonyl (C=O) groups excluding carboxylic acids is 2. The van der Waals surface area contributed by atoms with Crippen molar-refractivity contribution in [3.05, 3.63) is 59.4 Å². The minimum atomic E-state index is -0.831. The van der Waals surface area contributed by atoms with Crippen molar-refractivity contribution in [3.8, 4) is 11.5 Å². The number of fused-ring (bicyclic) bond motifs is 1. The first kappa shape index (κ1) is 19.5. The van der Waals surface area contributed by atoms with Gasteiger partial charge in [0.25, 0.3) is 5.91 Å². The van der Waals surface area contributed by atoms with Gasteiger partial charge in [-0.05, 0) is 29.8 Å². The molecule has 1 unspecified atom stereocenters. The average molecular weight is 407 g/mol. The predicted octanol–water partition coefficient (Wildman–Crippen LogP) is 3.46. The van der Waals surface area contributed by atoms with Crippen LogP contribution >= 0.6 is 0 Å². The SMILES string of the molecule is CCC(=O)C1=C(O)C(=O)N(c2nc3ccc(OC)cc3[nH]2)C1c1cccc(OC)c1. The lowest BCUT2D eigenvalue weighted by atomic mass is 9.95. The summed E-state index contributed by atoms with van der Waals surface area (Å²) in [7, 11) is 3.10. The normalized spacial score (nSPS) is 16.4. The Bertz CT molecular complexity index is 1180. The second-order valence-corrected chi connectivity index (χ2v) is 6.84. The van der Waals surface area contributed by atoms with Gasteiger partial charge in [0.15, 0.2) is 11.5 Å². The first-order valence-corrected chi connectivity index (χ1v) is 9.46. The van der Waals surface area contributed by atoms with Gasteiger partial charge in [0.2, 0.25) is 5.95 Å². The summed E-state index contributed by atoms with van der Waals surface area (Å²) < 4.78 is 10.5. The van der Waals surface area contributed by atoms with E-state index in [9.17, 15) is 14.7 Å². The van der Waals surface area contributed by atoms with Crippen molar-refractivity contribution in [1.29, 1.82) is 0 Å². The molecule has 1 amide bonds. The van der Waals surface area contributed by atoms with Crippen molar-refractivity contribution in [2.24, 2.45) is 0 Å². The molecule has 2 N–H and O–H groups in total. The number of aromatic amines is 1. The Morgan fingerprint density at radius 2 is 1.90 bits per heavy atom. The van der Waals surface area contributed by atoms with E-state index in [-0.39, 0.29) is 23.7 Å². The number of rotatable bonds is 6. The van der Waals surface area contributed by atoms with Gasteiger partial charge in [-0.3, -0.25) is 14.5 Å². The van der Waals surface area contributed by atoms with Crippen molar-refractivity contribution >= 4 is 28.7 Å². The Balaban J connectivity index is 1.88. The first-order valence-electron chi connectivity index (χ1n) is 9.46. The van der Waals surface area contributed by atoms with E-state index in [4.69, 9.17) is 9.47 Å². The molecule has 4 rings (SSSR count). The Labute approximate surface area is 172 Å². The Hall–Kier alpha value is -3.81. The molecule has 0 radical (unpaired) electrons. The highest BCUT2D eigenvalue weighted by atomic mass is 16.5. The molecule has 1 aliphatic rings. The van der Waals surface area contributed by atoms with Crippen LogP contribution in [0, 0.1) is 0 Å². The lowest BCUT2D eigenvalue weighted by molar-refractivity contribution is -0.118. The molecular formula is C22H21N3O5. The summed E-state index contributed by atoms with van der Waals surface area (Å²) in [5, 5.41) is 10.6. The molecule has 2 heterocycles. The molecule has 0 aliphatic carbocycles. The second kappa shape index (κ2) is 7.55. The van der Waals surface area contributed by atoms with E-state index in [1.165, 1.54) is 12.0 Å². The summed E-state index contributed by atoms with van der Waals surface area (Å²) in [6, 6.07) is 11.5. The zero-order valence-electron chi connectivity index (χ0n) is 16.8. The molecule has 154 valence electrons. The van der Waals surface area contributed by atoms with Crippen LogP contribution in [-0.2, 0) is 9.59 Å². The van der Waals surface area contributed by atoms with E-state index in [0.717, 1.165) is 0 Å². The molecule has 0 saturated carbocycles. The van der Waals surface area contributed by atoms with E-state index in [1.54, 1.807) is 56.5 Å². The van der Waals surface area contributed by atoms with Crippen molar-refractivity contribution < 1.29 is 24.2 Å². The van der Waals surface area contributed by atoms with Gasteiger partial charge in [-0.25, -0.2) is 4.98 Å². The topological polar surface area (TPSA) is 105 Å². The highest BCUT2D eigenvalue weighted by molar-refractivity contribution is 6.16. The summed E-state index contributed by atoms with van der Waals surface area (Å²) in [6.45, 7) is 1.69. The number of Topliss-reactive ketones (excluding diaryl/α,β-unsaturated/α-hetero) is 1. The summed E-state index contributed by atoms with van der Waals surface area (Å²) in [5.74, 6) is -0.129. The average Bonchev–Trinajstić information content (AvgIpc) is 3.31. The maximum atomic E-state index is 13.0. The number of aliphatic hydroxyl groups excluding tert-OH is 1. The number of hydrogen-bond donors (Lipinski definition) is 2. The second-order valence-electron chi connectivity index (χ2n) is 6.84. The molecule has 0 spiro atoms. The van der Waals surface area contributed by atoms with Gasteiger partial charge in [-0.2, -0.15) is 0 Å². The van der Waals surface area contributed by atoms with Crippen molar-refractivity contribution in [1.82, 2.24) is 9.97 Å². The van der Waals surface area contributed by atoms with Crippen LogP contribution in [-0.4, -0.2) is 41.0 Å². The van der Waals surface area contributed by atoms with Gasteiger partial charge in [0, 0.05) is 12.5 Å². The molecule has 0 bridgehead atoms. The van der Waals surface area contributed by atoms with E-state index in [2.05, 4.69) is 9.97 Å². The molecule has 1 atom stereocenters. The monoisotopic (exact) mass is 407 g/mol. The first-order chi connectivity index (χ1) is 14.5. The van der Waals surface area contributed by atoms with Crippen LogP contribution in [0.2, 0.25) is 0 Å². The largest absolute Gasteiger partial charge is 0.503 e. The molecular weight excluding hydrogens is 386 g/mol. The minimum absolute atomic E-state index is 0.0498. The lowest BCUT2D eigenvalue weighted by Gasteiger charge is -2.24. The van der Waals surface area contributed by atoms with Crippen molar-refractivity contribution in [2.45, 2.75) is 19.4 Å². The maximum Gasteiger partial charge on any atom is 0.296 e. The summed E-state index contributed by atoms with van der Waals surface area (Å²) in [4.78, 5) is 34.6.